The van der Waals surface area contributed by atoms with E-state index in [1.54, 1.807) is 0 Å². The minimum absolute atomic E-state index is 0.469. The summed E-state index contributed by atoms with van der Waals surface area (Å²) in [4.78, 5) is 8.49. The van der Waals surface area contributed by atoms with E-state index in [-0.39, 0.29) is 0 Å². The van der Waals surface area contributed by atoms with Gasteiger partial charge in [-0.3, -0.25) is 5.43 Å². The molecule has 17 heavy (non-hydrogen) atoms. The molecular formula is C12H21N5. The molecule has 1 aliphatic rings. The van der Waals surface area contributed by atoms with Gasteiger partial charge < -0.3 is 5.32 Å². The Kier molecular flexibility index (Phi) is 3.78. The predicted molar refractivity (Wildman–Crippen MR) is 69.6 cm³/mol. The highest BCUT2D eigenvalue weighted by Gasteiger charge is 2.19. The van der Waals surface area contributed by atoms with Crippen LogP contribution in [0.15, 0.2) is 6.07 Å². The molecular weight excluding hydrogens is 214 g/mol. The molecule has 0 aromatic carbocycles. The third-order valence-electron chi connectivity index (χ3n) is 3.27. The first-order valence-corrected chi connectivity index (χ1v) is 6.26. The maximum atomic E-state index is 5.34. The van der Waals surface area contributed by atoms with Crippen LogP contribution in [0.25, 0.3) is 0 Å². The lowest BCUT2D eigenvalue weighted by Crippen LogP contribution is -2.27. The molecule has 1 aromatic rings. The Morgan fingerprint density at radius 3 is 2.88 bits per heavy atom. The zero-order valence-electron chi connectivity index (χ0n) is 10.5. The highest BCUT2D eigenvalue weighted by Crippen LogP contribution is 2.25. The van der Waals surface area contributed by atoms with E-state index in [1.807, 2.05) is 13.0 Å². The molecule has 1 fully saturated rings. The van der Waals surface area contributed by atoms with E-state index in [1.165, 1.54) is 25.7 Å². The van der Waals surface area contributed by atoms with Crippen LogP contribution in [0.1, 0.15) is 38.3 Å². The van der Waals surface area contributed by atoms with Crippen molar-refractivity contribution in [3.63, 3.8) is 0 Å². The van der Waals surface area contributed by atoms with Crippen LogP contribution < -0.4 is 16.6 Å². The summed E-state index contributed by atoms with van der Waals surface area (Å²) >= 11 is 0. The van der Waals surface area contributed by atoms with Gasteiger partial charge in [0, 0.05) is 17.8 Å². The van der Waals surface area contributed by atoms with Crippen LogP contribution >= 0.6 is 0 Å². The lowest BCUT2D eigenvalue weighted by molar-refractivity contribution is 0.358. The average molecular weight is 235 g/mol. The van der Waals surface area contributed by atoms with Crippen LogP contribution in [0, 0.1) is 12.8 Å². The topological polar surface area (TPSA) is 75.9 Å². The lowest BCUT2D eigenvalue weighted by Gasteiger charge is -2.27. The molecule has 1 aliphatic carbocycles. The third kappa shape index (κ3) is 3.30. The molecule has 0 bridgehead atoms. The predicted octanol–water partition coefficient (Wildman–Crippen LogP) is 2.06. The summed E-state index contributed by atoms with van der Waals surface area (Å²) in [5.41, 5.74) is 3.41. The summed E-state index contributed by atoms with van der Waals surface area (Å²) in [7, 11) is 0. The summed E-state index contributed by atoms with van der Waals surface area (Å²) in [5, 5.41) is 3.48. The molecule has 0 radical (unpaired) electrons. The Morgan fingerprint density at radius 2 is 2.18 bits per heavy atom. The maximum absolute atomic E-state index is 5.34. The van der Waals surface area contributed by atoms with Crippen LogP contribution in [-0.2, 0) is 0 Å². The fraction of sp³-hybridized carbons (Fsp3) is 0.667. The molecule has 2 rings (SSSR count). The first-order valence-electron chi connectivity index (χ1n) is 6.26. The second-order valence-electron chi connectivity index (χ2n) is 4.98. The van der Waals surface area contributed by atoms with Crippen molar-refractivity contribution in [3.05, 3.63) is 11.8 Å². The maximum Gasteiger partial charge on any atom is 0.239 e. The van der Waals surface area contributed by atoms with Gasteiger partial charge in [0.1, 0.15) is 5.82 Å². The first-order chi connectivity index (χ1) is 8.17. The fourth-order valence-electron chi connectivity index (χ4n) is 2.48. The SMILES string of the molecule is Cc1cc(NC2CCCC(C)C2)nc(NN)n1. The van der Waals surface area contributed by atoms with Gasteiger partial charge in [0.25, 0.3) is 0 Å². The average Bonchev–Trinajstić information content (AvgIpc) is 2.28. The zero-order chi connectivity index (χ0) is 12.3. The summed E-state index contributed by atoms with van der Waals surface area (Å²) in [6.45, 7) is 4.25. The van der Waals surface area contributed by atoms with Crippen molar-refractivity contribution in [3.8, 4) is 0 Å². The largest absolute Gasteiger partial charge is 0.367 e. The van der Waals surface area contributed by atoms with Gasteiger partial charge in [-0.2, -0.15) is 4.98 Å². The minimum Gasteiger partial charge on any atom is -0.367 e. The second-order valence-corrected chi connectivity index (χ2v) is 4.98. The van der Waals surface area contributed by atoms with Gasteiger partial charge in [0.2, 0.25) is 5.95 Å². The molecule has 0 spiro atoms. The molecule has 94 valence electrons. The van der Waals surface area contributed by atoms with Crippen molar-refractivity contribution in [2.75, 3.05) is 10.7 Å². The van der Waals surface area contributed by atoms with E-state index < -0.39 is 0 Å². The Labute approximate surface area is 102 Å². The van der Waals surface area contributed by atoms with Crippen molar-refractivity contribution < 1.29 is 0 Å². The number of hydrogen-bond donors (Lipinski definition) is 3. The number of nitrogens with two attached hydrogens (primary N) is 1. The minimum atomic E-state index is 0.469. The van der Waals surface area contributed by atoms with E-state index in [9.17, 15) is 0 Å². The molecule has 4 N–H and O–H groups in total. The molecule has 2 unspecified atom stereocenters. The Balaban J connectivity index is 2.04. The highest BCUT2D eigenvalue weighted by molar-refractivity contribution is 5.42. The standard InChI is InChI=1S/C12H21N5/c1-8-4-3-5-10(6-8)15-11-7-9(2)14-12(16-11)17-13/h7-8,10H,3-6,13H2,1-2H3,(H2,14,15,16,17). The molecule has 0 amide bonds. The van der Waals surface area contributed by atoms with Gasteiger partial charge in [0.15, 0.2) is 0 Å². The molecule has 1 heterocycles. The third-order valence-corrected chi connectivity index (χ3v) is 3.27. The number of nitrogens with one attached hydrogen (secondary N) is 2. The van der Waals surface area contributed by atoms with Gasteiger partial charge in [0.05, 0.1) is 0 Å². The van der Waals surface area contributed by atoms with Crippen molar-refractivity contribution in [2.24, 2.45) is 11.8 Å². The number of hydrogen-bond acceptors (Lipinski definition) is 5. The van der Waals surface area contributed by atoms with Crippen molar-refractivity contribution in [1.29, 1.82) is 0 Å². The summed E-state index contributed by atoms with van der Waals surface area (Å²) in [6.07, 6.45) is 5.08. The van der Waals surface area contributed by atoms with Gasteiger partial charge in [-0.15, -0.1) is 0 Å². The van der Waals surface area contributed by atoms with Crippen LogP contribution in [-0.4, -0.2) is 16.0 Å². The van der Waals surface area contributed by atoms with Crippen molar-refractivity contribution in [1.82, 2.24) is 9.97 Å². The van der Waals surface area contributed by atoms with Crippen molar-refractivity contribution in [2.45, 2.75) is 45.6 Å². The van der Waals surface area contributed by atoms with Crippen LogP contribution in [0.4, 0.5) is 11.8 Å². The smallest absolute Gasteiger partial charge is 0.239 e. The Morgan fingerprint density at radius 1 is 1.35 bits per heavy atom. The molecule has 1 aromatic heterocycles. The number of nitrogen functional groups attached to an aromatic ring is 1. The molecule has 1 saturated carbocycles. The highest BCUT2D eigenvalue weighted by atomic mass is 15.3. The summed E-state index contributed by atoms with van der Waals surface area (Å²) < 4.78 is 0. The Bertz CT molecular complexity index is 379. The van der Waals surface area contributed by atoms with Gasteiger partial charge in [-0.1, -0.05) is 19.8 Å². The fourth-order valence-corrected chi connectivity index (χ4v) is 2.48. The second kappa shape index (κ2) is 5.31. The molecule has 0 saturated heterocycles. The first kappa shape index (κ1) is 12.1. The monoisotopic (exact) mass is 235 g/mol. The molecule has 2 atom stereocenters. The summed E-state index contributed by atoms with van der Waals surface area (Å²) in [5.74, 6) is 7.48. The van der Waals surface area contributed by atoms with E-state index in [0.717, 1.165) is 17.4 Å². The number of aromatic nitrogens is 2. The normalized spacial score (nSPS) is 24.4. The molecule has 5 heteroatoms. The van der Waals surface area contributed by atoms with Crippen LogP contribution in [0.3, 0.4) is 0 Å². The Hall–Kier alpha value is -1.36. The van der Waals surface area contributed by atoms with Crippen LogP contribution in [0.5, 0.6) is 0 Å². The number of aryl methyl sites for hydroxylation is 1. The number of anilines is 2. The molecule has 0 aliphatic heterocycles. The molecule has 5 nitrogen and oxygen atoms in total. The zero-order valence-corrected chi connectivity index (χ0v) is 10.5. The van der Waals surface area contributed by atoms with E-state index in [2.05, 4.69) is 27.6 Å². The quantitative estimate of drug-likeness (QED) is 0.552. The number of rotatable bonds is 3. The number of nitrogens with zero attached hydrogens (tertiary/aromatic N) is 2. The summed E-state index contributed by atoms with van der Waals surface area (Å²) in [6, 6.07) is 2.48. The van der Waals surface area contributed by atoms with E-state index in [4.69, 9.17) is 5.84 Å². The van der Waals surface area contributed by atoms with Gasteiger partial charge in [-0.25, -0.2) is 10.8 Å². The van der Waals surface area contributed by atoms with E-state index in [0.29, 0.717) is 12.0 Å². The van der Waals surface area contributed by atoms with Crippen LogP contribution in [0.2, 0.25) is 0 Å². The van der Waals surface area contributed by atoms with Crippen molar-refractivity contribution >= 4 is 11.8 Å². The number of hydrazine groups is 1. The lowest BCUT2D eigenvalue weighted by atomic mass is 9.87. The van der Waals surface area contributed by atoms with Gasteiger partial charge in [-0.05, 0) is 25.7 Å². The van der Waals surface area contributed by atoms with Gasteiger partial charge >= 0.3 is 0 Å². The van der Waals surface area contributed by atoms with E-state index >= 15 is 0 Å².